The Balaban J connectivity index is 1.58. The van der Waals surface area contributed by atoms with E-state index in [1.807, 2.05) is 30.3 Å². The Kier molecular flexibility index (Phi) is 7.04. The Bertz CT molecular complexity index is 418. The van der Waals surface area contributed by atoms with Crippen molar-refractivity contribution < 1.29 is 9.53 Å². The average Bonchev–Trinajstić information content (AvgIpc) is 2.55. The molecule has 21 heavy (non-hydrogen) atoms. The third-order valence-corrected chi connectivity index (χ3v) is 4.30. The SMILES string of the molecule is O=C(NCCCOC1CCCCC1)C(Cl)c1ccccc1. The highest BCUT2D eigenvalue weighted by molar-refractivity contribution is 6.30. The van der Waals surface area contributed by atoms with Crippen LogP contribution in [0.1, 0.15) is 49.5 Å². The molecule has 0 heterocycles. The number of amides is 1. The lowest BCUT2D eigenvalue weighted by molar-refractivity contribution is -0.120. The monoisotopic (exact) mass is 309 g/mol. The summed E-state index contributed by atoms with van der Waals surface area (Å²) in [6, 6.07) is 9.41. The van der Waals surface area contributed by atoms with Gasteiger partial charge in [-0.2, -0.15) is 0 Å². The number of nitrogens with one attached hydrogen (secondary N) is 1. The maximum atomic E-state index is 11.9. The van der Waals surface area contributed by atoms with E-state index in [2.05, 4.69) is 5.32 Å². The van der Waals surface area contributed by atoms with Crippen molar-refractivity contribution in [1.82, 2.24) is 5.32 Å². The zero-order chi connectivity index (χ0) is 14.9. The molecule has 0 aromatic heterocycles. The number of benzene rings is 1. The summed E-state index contributed by atoms with van der Waals surface area (Å²) in [5.41, 5.74) is 0.829. The Morgan fingerprint density at radius 1 is 1.24 bits per heavy atom. The fourth-order valence-electron chi connectivity index (χ4n) is 2.63. The summed E-state index contributed by atoms with van der Waals surface area (Å²) in [5, 5.41) is 2.25. The first-order valence-electron chi connectivity index (χ1n) is 7.85. The number of carbonyl (C=O) groups excluding carboxylic acids is 1. The first-order valence-corrected chi connectivity index (χ1v) is 8.29. The first-order chi connectivity index (χ1) is 10.3. The second-order valence-electron chi connectivity index (χ2n) is 5.55. The van der Waals surface area contributed by atoms with Crippen molar-refractivity contribution in [3.63, 3.8) is 0 Å². The number of rotatable bonds is 7. The molecule has 1 aromatic rings. The summed E-state index contributed by atoms with van der Waals surface area (Å²) in [6.07, 6.45) is 7.54. The van der Waals surface area contributed by atoms with Gasteiger partial charge in [0.05, 0.1) is 6.10 Å². The van der Waals surface area contributed by atoms with Crippen LogP contribution in [0.2, 0.25) is 0 Å². The lowest BCUT2D eigenvalue weighted by Gasteiger charge is -2.22. The van der Waals surface area contributed by atoms with Crippen LogP contribution in [0.3, 0.4) is 0 Å². The van der Waals surface area contributed by atoms with E-state index in [0.29, 0.717) is 19.3 Å². The van der Waals surface area contributed by atoms with Crippen molar-refractivity contribution >= 4 is 17.5 Å². The lowest BCUT2D eigenvalue weighted by Crippen LogP contribution is -2.29. The van der Waals surface area contributed by atoms with Crippen LogP contribution < -0.4 is 5.32 Å². The highest BCUT2D eigenvalue weighted by Crippen LogP contribution is 2.21. The molecule has 1 amide bonds. The minimum Gasteiger partial charge on any atom is -0.378 e. The summed E-state index contributed by atoms with van der Waals surface area (Å²) >= 11 is 6.15. The van der Waals surface area contributed by atoms with E-state index in [1.54, 1.807) is 0 Å². The molecule has 1 fully saturated rings. The topological polar surface area (TPSA) is 38.3 Å². The van der Waals surface area contributed by atoms with Gasteiger partial charge in [0, 0.05) is 13.2 Å². The van der Waals surface area contributed by atoms with Crippen LogP contribution in [0.15, 0.2) is 30.3 Å². The van der Waals surface area contributed by atoms with Crippen LogP contribution in [0.25, 0.3) is 0 Å². The Hall–Kier alpha value is -1.06. The van der Waals surface area contributed by atoms with Gasteiger partial charge in [-0.25, -0.2) is 0 Å². The molecular weight excluding hydrogens is 286 g/mol. The number of carbonyl (C=O) groups is 1. The second kappa shape index (κ2) is 9.06. The van der Waals surface area contributed by atoms with Gasteiger partial charge in [0.15, 0.2) is 0 Å². The van der Waals surface area contributed by atoms with Crippen LogP contribution in [-0.4, -0.2) is 25.2 Å². The molecule has 0 radical (unpaired) electrons. The van der Waals surface area contributed by atoms with E-state index < -0.39 is 5.38 Å². The molecular formula is C17H24ClNO2. The summed E-state index contributed by atoms with van der Waals surface area (Å²) in [6.45, 7) is 1.32. The molecule has 1 aliphatic carbocycles. The van der Waals surface area contributed by atoms with Gasteiger partial charge in [0.2, 0.25) is 5.91 Å². The molecule has 4 heteroatoms. The summed E-state index contributed by atoms with van der Waals surface area (Å²) in [7, 11) is 0. The maximum Gasteiger partial charge on any atom is 0.242 e. The molecule has 0 aliphatic heterocycles. The number of hydrogen-bond donors (Lipinski definition) is 1. The molecule has 1 N–H and O–H groups in total. The van der Waals surface area contributed by atoms with Gasteiger partial charge in [-0.1, -0.05) is 49.6 Å². The first kappa shape index (κ1) is 16.3. The molecule has 1 aromatic carbocycles. The van der Waals surface area contributed by atoms with Gasteiger partial charge in [-0.3, -0.25) is 4.79 Å². The van der Waals surface area contributed by atoms with Crippen molar-refractivity contribution in [2.24, 2.45) is 0 Å². The smallest absolute Gasteiger partial charge is 0.242 e. The molecule has 1 atom stereocenters. The van der Waals surface area contributed by atoms with Crippen molar-refractivity contribution in [1.29, 1.82) is 0 Å². The van der Waals surface area contributed by atoms with Crippen molar-refractivity contribution in [3.8, 4) is 0 Å². The fourth-order valence-corrected chi connectivity index (χ4v) is 2.85. The van der Waals surface area contributed by atoms with E-state index in [0.717, 1.165) is 12.0 Å². The van der Waals surface area contributed by atoms with Crippen LogP contribution in [-0.2, 0) is 9.53 Å². The minimum atomic E-state index is -0.620. The molecule has 2 rings (SSSR count). The molecule has 0 bridgehead atoms. The van der Waals surface area contributed by atoms with Gasteiger partial charge in [-0.05, 0) is 24.8 Å². The number of halogens is 1. The lowest BCUT2D eigenvalue weighted by atomic mass is 9.98. The predicted molar refractivity (Wildman–Crippen MR) is 85.5 cm³/mol. The number of alkyl halides is 1. The molecule has 1 aliphatic rings. The summed E-state index contributed by atoms with van der Waals surface area (Å²) in [5.74, 6) is -0.138. The van der Waals surface area contributed by atoms with E-state index in [4.69, 9.17) is 16.3 Å². The maximum absolute atomic E-state index is 11.9. The van der Waals surface area contributed by atoms with Crippen LogP contribution in [0.5, 0.6) is 0 Å². The van der Waals surface area contributed by atoms with Crippen LogP contribution in [0, 0.1) is 0 Å². The standard InChI is InChI=1S/C17H24ClNO2/c18-16(14-8-3-1-4-9-14)17(20)19-12-7-13-21-15-10-5-2-6-11-15/h1,3-4,8-9,15-16H,2,5-7,10-13H2,(H,19,20). The zero-order valence-electron chi connectivity index (χ0n) is 12.4. The van der Waals surface area contributed by atoms with E-state index in [9.17, 15) is 4.79 Å². The number of hydrogen-bond acceptors (Lipinski definition) is 2. The quantitative estimate of drug-likeness (QED) is 0.614. The Morgan fingerprint density at radius 3 is 2.67 bits per heavy atom. The molecule has 3 nitrogen and oxygen atoms in total. The molecule has 1 saturated carbocycles. The van der Waals surface area contributed by atoms with Gasteiger partial charge in [0.1, 0.15) is 5.38 Å². The van der Waals surface area contributed by atoms with E-state index in [1.165, 1.54) is 32.1 Å². The average molecular weight is 310 g/mol. The predicted octanol–water partition coefficient (Wildman–Crippen LogP) is 3.82. The third kappa shape index (κ3) is 5.68. The van der Waals surface area contributed by atoms with Gasteiger partial charge in [0.25, 0.3) is 0 Å². The van der Waals surface area contributed by atoms with Crippen LogP contribution in [0.4, 0.5) is 0 Å². The van der Waals surface area contributed by atoms with Crippen molar-refractivity contribution in [3.05, 3.63) is 35.9 Å². The normalized spacial score (nSPS) is 17.4. The highest BCUT2D eigenvalue weighted by Gasteiger charge is 2.17. The Morgan fingerprint density at radius 2 is 1.95 bits per heavy atom. The summed E-state index contributed by atoms with van der Waals surface area (Å²) < 4.78 is 5.83. The molecule has 0 saturated heterocycles. The third-order valence-electron chi connectivity index (χ3n) is 3.85. The molecule has 1 unspecified atom stereocenters. The van der Waals surface area contributed by atoms with Gasteiger partial charge >= 0.3 is 0 Å². The zero-order valence-corrected chi connectivity index (χ0v) is 13.1. The Labute approximate surface area is 132 Å². The molecule has 0 spiro atoms. The second-order valence-corrected chi connectivity index (χ2v) is 5.99. The fraction of sp³-hybridized carbons (Fsp3) is 0.588. The van der Waals surface area contributed by atoms with Crippen molar-refractivity contribution in [2.75, 3.05) is 13.2 Å². The minimum absolute atomic E-state index is 0.138. The van der Waals surface area contributed by atoms with E-state index in [-0.39, 0.29) is 5.91 Å². The van der Waals surface area contributed by atoms with E-state index >= 15 is 0 Å². The van der Waals surface area contributed by atoms with Crippen LogP contribution >= 0.6 is 11.6 Å². The van der Waals surface area contributed by atoms with Crippen molar-refractivity contribution in [2.45, 2.75) is 50.0 Å². The highest BCUT2D eigenvalue weighted by atomic mass is 35.5. The number of ether oxygens (including phenoxy) is 1. The molecule has 116 valence electrons. The largest absolute Gasteiger partial charge is 0.378 e. The van der Waals surface area contributed by atoms with Gasteiger partial charge in [-0.15, -0.1) is 11.6 Å². The summed E-state index contributed by atoms with van der Waals surface area (Å²) in [4.78, 5) is 11.9. The van der Waals surface area contributed by atoms with Gasteiger partial charge < -0.3 is 10.1 Å².